The van der Waals surface area contributed by atoms with Crippen molar-refractivity contribution in [3.63, 3.8) is 0 Å². The first-order chi connectivity index (χ1) is 11.1. The van der Waals surface area contributed by atoms with Gasteiger partial charge in [0, 0.05) is 5.57 Å². The van der Waals surface area contributed by atoms with E-state index in [1.165, 1.54) is 20.0 Å². The molecule has 4 heteroatoms. The lowest BCUT2D eigenvalue weighted by Crippen LogP contribution is -2.21. The van der Waals surface area contributed by atoms with Gasteiger partial charge in [-0.05, 0) is 24.7 Å². The van der Waals surface area contributed by atoms with Gasteiger partial charge < -0.3 is 9.47 Å². The molecule has 4 unspecified atom stereocenters. The Hall–Kier alpha value is -1.16. The van der Waals surface area contributed by atoms with Crippen molar-refractivity contribution in [1.29, 1.82) is 0 Å². The standard InChI is InChI=1S/C20H34F2O2/c1-9-13(2)10-11-14(3)15(4)12-24-17(6)16(5)19(21)20(22)18(7)23-8/h13-15,17H,5,7,9-12H2,1-4,6,8H3/b20-19-. The fourth-order valence-corrected chi connectivity index (χ4v) is 2.13. The minimum absolute atomic E-state index is 0.0369. The van der Waals surface area contributed by atoms with Gasteiger partial charge in [0.15, 0.2) is 11.7 Å². The quantitative estimate of drug-likeness (QED) is 0.303. The van der Waals surface area contributed by atoms with Crippen molar-refractivity contribution < 1.29 is 18.3 Å². The molecular formula is C20H34F2O2. The fraction of sp³-hybridized carbons (Fsp3) is 0.700. The molecule has 0 saturated heterocycles. The van der Waals surface area contributed by atoms with Gasteiger partial charge in [0.05, 0.1) is 19.8 Å². The number of hydrogen-bond acceptors (Lipinski definition) is 2. The molecular weight excluding hydrogens is 310 g/mol. The minimum atomic E-state index is -1.13. The first-order valence-electron chi connectivity index (χ1n) is 8.74. The second-order valence-electron chi connectivity index (χ2n) is 6.80. The maximum absolute atomic E-state index is 14.0. The summed E-state index contributed by atoms with van der Waals surface area (Å²) >= 11 is 0. The highest BCUT2D eigenvalue weighted by molar-refractivity contribution is 5.34. The first-order valence-corrected chi connectivity index (χ1v) is 8.74. The van der Waals surface area contributed by atoms with Crippen molar-refractivity contribution in [2.24, 2.45) is 17.8 Å². The number of allylic oxidation sites excluding steroid dienone is 1. The third kappa shape index (κ3) is 7.61. The molecule has 0 aliphatic carbocycles. The van der Waals surface area contributed by atoms with Gasteiger partial charge in [-0.3, -0.25) is 0 Å². The van der Waals surface area contributed by atoms with Crippen LogP contribution in [0.1, 0.15) is 53.9 Å². The molecule has 0 aliphatic rings. The maximum atomic E-state index is 14.0. The second kappa shape index (κ2) is 11.4. The van der Waals surface area contributed by atoms with Crippen LogP contribution < -0.4 is 0 Å². The summed E-state index contributed by atoms with van der Waals surface area (Å²) in [6.07, 6.45) is 2.93. The topological polar surface area (TPSA) is 18.5 Å². The lowest BCUT2D eigenvalue weighted by Gasteiger charge is -2.24. The molecule has 2 nitrogen and oxygen atoms in total. The van der Waals surface area contributed by atoms with Crippen LogP contribution in [-0.4, -0.2) is 19.8 Å². The molecule has 0 aliphatic heterocycles. The highest BCUT2D eigenvalue weighted by Crippen LogP contribution is 2.27. The van der Waals surface area contributed by atoms with Gasteiger partial charge >= 0.3 is 0 Å². The van der Waals surface area contributed by atoms with Crippen LogP contribution in [0.4, 0.5) is 8.78 Å². The van der Waals surface area contributed by atoms with Crippen LogP contribution in [0.25, 0.3) is 0 Å². The smallest absolute Gasteiger partial charge is 0.200 e. The highest BCUT2D eigenvalue weighted by atomic mass is 19.2. The summed E-state index contributed by atoms with van der Waals surface area (Å²) in [7, 11) is 1.24. The predicted octanol–water partition coefficient (Wildman–Crippen LogP) is 6.36. The van der Waals surface area contributed by atoms with Crippen molar-refractivity contribution in [2.75, 3.05) is 13.7 Å². The molecule has 0 bridgehead atoms. The van der Waals surface area contributed by atoms with Gasteiger partial charge in [-0.2, -0.15) is 4.39 Å². The number of ether oxygens (including phenoxy) is 2. The monoisotopic (exact) mass is 344 g/mol. The Morgan fingerprint density at radius 1 is 0.958 bits per heavy atom. The number of rotatable bonds is 12. The van der Waals surface area contributed by atoms with Crippen molar-refractivity contribution in [1.82, 2.24) is 0 Å². The molecule has 0 radical (unpaired) electrons. The average molecular weight is 344 g/mol. The molecule has 24 heavy (non-hydrogen) atoms. The van der Waals surface area contributed by atoms with E-state index in [1.807, 2.05) is 0 Å². The number of halogens is 2. The fourth-order valence-electron chi connectivity index (χ4n) is 2.13. The van der Waals surface area contributed by atoms with E-state index in [0.29, 0.717) is 18.4 Å². The molecule has 0 N–H and O–H groups in total. The van der Waals surface area contributed by atoms with E-state index in [2.05, 4.69) is 45.6 Å². The second-order valence-corrected chi connectivity index (χ2v) is 6.80. The molecule has 0 aromatic carbocycles. The normalized spacial score (nSPS) is 17.5. The molecule has 0 rings (SSSR count). The van der Waals surface area contributed by atoms with E-state index in [1.54, 1.807) is 6.92 Å². The lowest BCUT2D eigenvalue weighted by molar-refractivity contribution is 0.0489. The van der Waals surface area contributed by atoms with Gasteiger partial charge in [-0.1, -0.05) is 60.1 Å². The third-order valence-corrected chi connectivity index (χ3v) is 4.85. The molecule has 140 valence electrons. The van der Waals surface area contributed by atoms with Crippen LogP contribution in [-0.2, 0) is 9.47 Å². The molecule has 0 amide bonds. The van der Waals surface area contributed by atoms with Crippen molar-refractivity contribution in [2.45, 2.75) is 60.0 Å². The van der Waals surface area contributed by atoms with Crippen LogP contribution in [0.2, 0.25) is 0 Å². The molecule has 0 heterocycles. The Morgan fingerprint density at radius 3 is 2.04 bits per heavy atom. The van der Waals surface area contributed by atoms with Gasteiger partial charge in [0.1, 0.15) is 5.76 Å². The Labute approximate surface area is 146 Å². The van der Waals surface area contributed by atoms with Gasteiger partial charge in [-0.25, -0.2) is 4.39 Å². The van der Waals surface area contributed by atoms with E-state index in [9.17, 15) is 8.78 Å². The van der Waals surface area contributed by atoms with Crippen LogP contribution >= 0.6 is 0 Å². The van der Waals surface area contributed by atoms with Crippen molar-refractivity contribution in [3.05, 3.63) is 36.1 Å². The first kappa shape index (κ1) is 22.8. The van der Waals surface area contributed by atoms with Gasteiger partial charge in [0.25, 0.3) is 0 Å². The van der Waals surface area contributed by atoms with E-state index >= 15 is 0 Å². The molecule has 0 fully saturated rings. The largest absolute Gasteiger partial charge is 0.494 e. The molecule has 4 atom stereocenters. The number of hydrogen-bond donors (Lipinski definition) is 0. The van der Waals surface area contributed by atoms with Crippen molar-refractivity contribution >= 4 is 0 Å². The van der Waals surface area contributed by atoms with E-state index in [0.717, 1.165) is 12.3 Å². The summed E-state index contributed by atoms with van der Waals surface area (Å²) in [6, 6.07) is 0. The molecule has 0 spiro atoms. The molecule has 0 saturated carbocycles. The number of methoxy groups -OCH3 is 1. The third-order valence-electron chi connectivity index (χ3n) is 4.85. The van der Waals surface area contributed by atoms with Crippen LogP contribution in [0.15, 0.2) is 36.1 Å². The van der Waals surface area contributed by atoms with Crippen molar-refractivity contribution in [3.8, 4) is 0 Å². The summed E-state index contributed by atoms with van der Waals surface area (Å²) in [6.45, 7) is 17.8. The molecule has 0 aromatic heterocycles. The Kier molecular flexibility index (Phi) is 10.9. The minimum Gasteiger partial charge on any atom is -0.494 e. The van der Waals surface area contributed by atoms with E-state index in [-0.39, 0.29) is 11.3 Å². The zero-order valence-electron chi connectivity index (χ0n) is 16.1. The Morgan fingerprint density at radius 2 is 1.54 bits per heavy atom. The van der Waals surface area contributed by atoms with Crippen LogP contribution in [0.3, 0.4) is 0 Å². The Balaban J connectivity index is 4.49. The molecule has 0 aromatic rings. The van der Waals surface area contributed by atoms with Gasteiger partial charge in [-0.15, -0.1) is 0 Å². The van der Waals surface area contributed by atoms with Gasteiger partial charge in [0.2, 0.25) is 0 Å². The van der Waals surface area contributed by atoms with E-state index in [4.69, 9.17) is 4.74 Å². The van der Waals surface area contributed by atoms with Crippen LogP contribution in [0, 0.1) is 17.8 Å². The highest BCUT2D eigenvalue weighted by Gasteiger charge is 2.21. The zero-order valence-corrected chi connectivity index (χ0v) is 16.1. The summed E-state index contributed by atoms with van der Waals surface area (Å²) in [5, 5.41) is 0. The SMILES string of the molecule is C=C(OC)/C(F)=C(/F)C(=C)C(C)OCC(C)C(C)CCC(C)CC. The maximum Gasteiger partial charge on any atom is 0.200 e. The summed E-state index contributed by atoms with van der Waals surface area (Å²) in [5.74, 6) is -0.956. The summed E-state index contributed by atoms with van der Waals surface area (Å²) < 4.78 is 38.0. The Bertz CT molecular complexity index is 443. The predicted molar refractivity (Wildman–Crippen MR) is 97.0 cm³/mol. The zero-order chi connectivity index (χ0) is 18.9. The average Bonchev–Trinajstić information content (AvgIpc) is 2.60. The van der Waals surface area contributed by atoms with Crippen LogP contribution in [0.5, 0.6) is 0 Å². The summed E-state index contributed by atoms with van der Waals surface area (Å²) in [5.41, 5.74) is -0.0369. The summed E-state index contributed by atoms with van der Waals surface area (Å²) in [4.78, 5) is 0. The lowest BCUT2D eigenvalue weighted by atomic mass is 9.88. The van der Waals surface area contributed by atoms with E-state index < -0.39 is 17.8 Å².